The van der Waals surface area contributed by atoms with Gasteiger partial charge < -0.3 is 5.73 Å². The summed E-state index contributed by atoms with van der Waals surface area (Å²) in [6, 6.07) is 0.270. The summed E-state index contributed by atoms with van der Waals surface area (Å²) in [5.74, 6) is 0.432. The van der Waals surface area contributed by atoms with Crippen LogP contribution >= 0.6 is 11.5 Å². The monoisotopic (exact) mass is 169 g/mol. The molecule has 2 rings (SSSR count). The second kappa shape index (κ2) is 2.01. The quantitative estimate of drug-likeness (QED) is 0.682. The van der Waals surface area contributed by atoms with Crippen LogP contribution in [0.25, 0.3) is 0 Å². The van der Waals surface area contributed by atoms with Crippen LogP contribution in [0.2, 0.25) is 0 Å². The van der Waals surface area contributed by atoms with E-state index in [0.29, 0.717) is 5.92 Å². The molecule has 0 radical (unpaired) electrons. The molecule has 1 saturated carbocycles. The van der Waals surface area contributed by atoms with Gasteiger partial charge in [0.25, 0.3) is 0 Å². The van der Waals surface area contributed by atoms with Crippen LogP contribution in [0.3, 0.4) is 0 Å². The SMILES string of the molecule is CC1(C)[C@H](N)[C@H]1c1csnn1. The first-order chi connectivity index (χ1) is 5.14. The highest BCUT2D eigenvalue weighted by molar-refractivity contribution is 7.03. The predicted octanol–water partition coefficient (Wildman–Crippen LogP) is 0.989. The minimum absolute atomic E-state index is 0.232. The molecule has 1 aromatic heterocycles. The molecule has 0 aliphatic heterocycles. The van der Waals surface area contributed by atoms with Gasteiger partial charge in [-0.2, -0.15) is 0 Å². The highest BCUT2D eigenvalue weighted by atomic mass is 32.1. The van der Waals surface area contributed by atoms with E-state index in [0.717, 1.165) is 5.69 Å². The maximum Gasteiger partial charge on any atom is 0.0807 e. The molecule has 1 aliphatic carbocycles. The Bertz CT molecular complexity index is 255. The third-order valence-electron chi connectivity index (χ3n) is 2.61. The normalized spacial score (nSPS) is 33.7. The Labute approximate surface area is 69.8 Å². The largest absolute Gasteiger partial charge is 0.327 e. The molecule has 0 saturated heterocycles. The molecule has 1 heterocycles. The van der Waals surface area contributed by atoms with Gasteiger partial charge in [-0.05, 0) is 16.9 Å². The molecule has 1 fully saturated rings. The van der Waals surface area contributed by atoms with Gasteiger partial charge in [0.2, 0.25) is 0 Å². The number of hydrogen-bond acceptors (Lipinski definition) is 4. The van der Waals surface area contributed by atoms with E-state index in [1.807, 2.05) is 5.38 Å². The van der Waals surface area contributed by atoms with Gasteiger partial charge in [-0.3, -0.25) is 0 Å². The van der Waals surface area contributed by atoms with Crippen molar-refractivity contribution in [2.75, 3.05) is 0 Å². The molecule has 1 aromatic rings. The molecule has 2 atom stereocenters. The van der Waals surface area contributed by atoms with Crippen LogP contribution in [0.4, 0.5) is 0 Å². The molecular formula is C7H11N3S. The first-order valence-corrected chi connectivity index (χ1v) is 4.50. The lowest BCUT2D eigenvalue weighted by Crippen LogP contribution is -2.06. The van der Waals surface area contributed by atoms with Crippen LogP contribution in [0.5, 0.6) is 0 Å². The number of nitrogens with two attached hydrogens (primary N) is 1. The van der Waals surface area contributed by atoms with Crippen LogP contribution in [0.1, 0.15) is 25.5 Å². The average Bonchev–Trinajstić information content (AvgIpc) is 2.40. The predicted molar refractivity (Wildman–Crippen MR) is 44.4 cm³/mol. The summed E-state index contributed by atoms with van der Waals surface area (Å²) < 4.78 is 3.82. The Morgan fingerprint density at radius 2 is 2.27 bits per heavy atom. The van der Waals surface area contributed by atoms with Crippen molar-refractivity contribution >= 4 is 11.5 Å². The van der Waals surface area contributed by atoms with Gasteiger partial charge in [0.05, 0.1) is 5.69 Å². The number of aromatic nitrogens is 2. The van der Waals surface area contributed by atoms with Crippen molar-refractivity contribution in [1.82, 2.24) is 9.59 Å². The molecule has 3 nitrogen and oxygen atoms in total. The minimum Gasteiger partial charge on any atom is -0.327 e. The van der Waals surface area contributed by atoms with Crippen LogP contribution in [0, 0.1) is 5.41 Å². The summed E-state index contributed by atoms with van der Waals surface area (Å²) in [5.41, 5.74) is 7.17. The summed E-state index contributed by atoms with van der Waals surface area (Å²) in [7, 11) is 0. The van der Waals surface area contributed by atoms with Gasteiger partial charge in [-0.25, -0.2) is 0 Å². The Morgan fingerprint density at radius 3 is 2.64 bits per heavy atom. The van der Waals surface area contributed by atoms with Crippen molar-refractivity contribution in [2.24, 2.45) is 11.1 Å². The zero-order chi connectivity index (χ0) is 8.06. The van der Waals surface area contributed by atoms with Crippen molar-refractivity contribution in [2.45, 2.75) is 25.8 Å². The van der Waals surface area contributed by atoms with Crippen molar-refractivity contribution in [3.8, 4) is 0 Å². The van der Waals surface area contributed by atoms with Crippen LogP contribution in [-0.2, 0) is 0 Å². The van der Waals surface area contributed by atoms with Crippen LogP contribution < -0.4 is 5.73 Å². The lowest BCUT2D eigenvalue weighted by atomic mass is 10.1. The third kappa shape index (κ3) is 0.895. The summed E-state index contributed by atoms with van der Waals surface area (Å²) >= 11 is 1.39. The smallest absolute Gasteiger partial charge is 0.0807 e. The molecular weight excluding hydrogens is 158 g/mol. The number of hydrogen-bond donors (Lipinski definition) is 1. The van der Waals surface area contributed by atoms with Gasteiger partial charge in [0, 0.05) is 17.3 Å². The standard InChI is InChI=1S/C7H11N3S/c1-7(2)5(6(7)8)4-3-11-10-9-4/h3,5-6H,8H2,1-2H3/t5-,6-/m1/s1. The van der Waals surface area contributed by atoms with Gasteiger partial charge in [0.15, 0.2) is 0 Å². The number of nitrogens with zero attached hydrogens (tertiary/aromatic N) is 2. The zero-order valence-corrected chi connectivity index (χ0v) is 7.43. The van der Waals surface area contributed by atoms with E-state index in [1.165, 1.54) is 11.5 Å². The van der Waals surface area contributed by atoms with E-state index in [1.54, 1.807) is 0 Å². The Hall–Kier alpha value is -0.480. The van der Waals surface area contributed by atoms with Crippen molar-refractivity contribution in [1.29, 1.82) is 0 Å². The first-order valence-electron chi connectivity index (χ1n) is 3.66. The maximum atomic E-state index is 5.87. The van der Waals surface area contributed by atoms with E-state index in [9.17, 15) is 0 Å². The fourth-order valence-corrected chi connectivity index (χ4v) is 2.04. The minimum atomic E-state index is 0.232. The summed E-state index contributed by atoms with van der Waals surface area (Å²) in [6.45, 7) is 4.34. The molecule has 60 valence electrons. The molecule has 1 aliphatic rings. The van der Waals surface area contributed by atoms with Gasteiger partial charge in [0.1, 0.15) is 0 Å². The van der Waals surface area contributed by atoms with Gasteiger partial charge in [-0.1, -0.05) is 18.3 Å². The molecule has 0 spiro atoms. The molecule has 0 aromatic carbocycles. The average molecular weight is 169 g/mol. The lowest BCUT2D eigenvalue weighted by Gasteiger charge is -1.96. The topological polar surface area (TPSA) is 51.8 Å². The Kier molecular flexibility index (Phi) is 1.32. The first kappa shape index (κ1) is 7.18. The van der Waals surface area contributed by atoms with Crippen LogP contribution in [0.15, 0.2) is 5.38 Å². The highest BCUT2D eigenvalue weighted by Gasteiger charge is 2.57. The molecule has 0 bridgehead atoms. The van der Waals surface area contributed by atoms with E-state index in [2.05, 4.69) is 23.4 Å². The molecule has 4 heteroatoms. The second-order valence-electron chi connectivity index (χ2n) is 3.65. The van der Waals surface area contributed by atoms with E-state index < -0.39 is 0 Å². The van der Waals surface area contributed by atoms with E-state index in [4.69, 9.17) is 5.73 Å². The molecule has 0 amide bonds. The highest BCUT2D eigenvalue weighted by Crippen LogP contribution is 2.56. The fourth-order valence-electron chi connectivity index (χ4n) is 1.55. The maximum absolute atomic E-state index is 5.87. The Morgan fingerprint density at radius 1 is 1.64 bits per heavy atom. The lowest BCUT2D eigenvalue weighted by molar-refractivity contribution is 0.595. The van der Waals surface area contributed by atoms with Crippen molar-refractivity contribution < 1.29 is 0 Å². The fraction of sp³-hybridized carbons (Fsp3) is 0.714. The third-order valence-corrected chi connectivity index (χ3v) is 3.13. The van der Waals surface area contributed by atoms with Crippen LogP contribution in [-0.4, -0.2) is 15.6 Å². The van der Waals surface area contributed by atoms with Crippen molar-refractivity contribution in [3.05, 3.63) is 11.1 Å². The zero-order valence-electron chi connectivity index (χ0n) is 6.61. The molecule has 2 N–H and O–H groups in total. The van der Waals surface area contributed by atoms with Gasteiger partial charge >= 0.3 is 0 Å². The van der Waals surface area contributed by atoms with Crippen molar-refractivity contribution in [3.63, 3.8) is 0 Å². The van der Waals surface area contributed by atoms with E-state index in [-0.39, 0.29) is 11.5 Å². The van der Waals surface area contributed by atoms with E-state index >= 15 is 0 Å². The Balaban J connectivity index is 2.23. The molecule has 11 heavy (non-hydrogen) atoms. The summed E-state index contributed by atoms with van der Waals surface area (Å²) in [6.07, 6.45) is 0. The second-order valence-corrected chi connectivity index (χ2v) is 4.26. The van der Waals surface area contributed by atoms with Gasteiger partial charge in [-0.15, -0.1) is 5.10 Å². The summed E-state index contributed by atoms with van der Waals surface area (Å²) in [4.78, 5) is 0. The summed E-state index contributed by atoms with van der Waals surface area (Å²) in [5, 5.41) is 6.00. The number of rotatable bonds is 1. The molecule has 0 unspecified atom stereocenters.